The van der Waals surface area contributed by atoms with E-state index in [0.717, 1.165) is 0 Å². The summed E-state index contributed by atoms with van der Waals surface area (Å²) in [6.07, 6.45) is 1.40. The van der Waals surface area contributed by atoms with Crippen LogP contribution in [0.15, 0.2) is 72.2 Å². The molecule has 0 spiro atoms. The van der Waals surface area contributed by atoms with E-state index in [1.165, 1.54) is 33.7 Å². The fraction of sp³-hybridized carbons (Fsp3) is 0.207. The van der Waals surface area contributed by atoms with E-state index in [4.69, 9.17) is 30.5 Å². The second kappa shape index (κ2) is 11.8. The molecule has 1 aromatic heterocycles. The highest BCUT2D eigenvalue weighted by Gasteiger charge is 2.34. The average Bonchev–Trinajstić information content (AvgIpc) is 3.44. The molecule has 0 aliphatic carbocycles. The van der Waals surface area contributed by atoms with E-state index in [1.54, 1.807) is 60.1 Å². The number of fused-ring (bicyclic) bond motifs is 1. The van der Waals surface area contributed by atoms with Crippen molar-refractivity contribution < 1.29 is 28.1 Å². The van der Waals surface area contributed by atoms with Crippen molar-refractivity contribution in [2.24, 2.45) is 0 Å². The van der Waals surface area contributed by atoms with Crippen molar-refractivity contribution in [2.45, 2.75) is 19.6 Å². The highest BCUT2D eigenvalue weighted by atomic mass is 35.5. The Hall–Kier alpha value is -4.77. The van der Waals surface area contributed by atoms with Gasteiger partial charge in [-0.1, -0.05) is 35.9 Å². The minimum atomic E-state index is -0.677. The number of nitrogens with one attached hydrogen (secondary N) is 2. The molecule has 12 heteroatoms. The molecule has 2 N–H and O–H groups in total. The van der Waals surface area contributed by atoms with Gasteiger partial charge in [-0.05, 0) is 30.7 Å². The Kier molecular flexibility index (Phi) is 7.97. The molecule has 0 unspecified atom stereocenters. The molecule has 1 atom stereocenters. The molecule has 0 saturated carbocycles. The van der Waals surface area contributed by atoms with E-state index in [1.807, 2.05) is 0 Å². The molecule has 2 heterocycles. The first kappa shape index (κ1) is 27.8. The Morgan fingerprint density at radius 2 is 1.78 bits per heavy atom. The molecule has 1 aliphatic heterocycles. The summed E-state index contributed by atoms with van der Waals surface area (Å²) in [6, 6.07) is 14.1. The monoisotopic (exact) mass is 579 g/mol. The highest BCUT2D eigenvalue weighted by molar-refractivity contribution is 6.32. The third-order valence-electron chi connectivity index (χ3n) is 6.61. The van der Waals surface area contributed by atoms with Gasteiger partial charge in [0, 0.05) is 23.4 Å². The van der Waals surface area contributed by atoms with Crippen LogP contribution in [0.4, 0.5) is 16.0 Å². The molecule has 4 aromatic rings. The van der Waals surface area contributed by atoms with Crippen LogP contribution in [0.5, 0.6) is 23.0 Å². The summed E-state index contributed by atoms with van der Waals surface area (Å²) in [6.45, 7) is 1.80. The topological polar surface area (TPSA) is 109 Å². The number of hydrogen-bond acceptors (Lipinski definition) is 8. The lowest BCUT2D eigenvalue weighted by atomic mass is 9.94. The molecule has 3 aromatic carbocycles. The number of anilines is 2. The SMILES string of the molecule is COc1cc(NC(=O)C2=C(C)Nc3ncnn3[C@H]2c2ccc(OCc3ccccc3F)c(OC)c2)c(OC)cc1Cl. The van der Waals surface area contributed by atoms with Crippen LogP contribution in [0.2, 0.25) is 5.02 Å². The molecule has 212 valence electrons. The smallest absolute Gasteiger partial charge is 0.255 e. The number of halogens is 2. The summed E-state index contributed by atoms with van der Waals surface area (Å²) in [5.41, 5.74) is 2.42. The van der Waals surface area contributed by atoms with Crippen LogP contribution in [0.1, 0.15) is 24.1 Å². The van der Waals surface area contributed by atoms with Gasteiger partial charge in [0.2, 0.25) is 5.95 Å². The predicted molar refractivity (Wildman–Crippen MR) is 151 cm³/mol. The van der Waals surface area contributed by atoms with Crippen LogP contribution in [-0.2, 0) is 11.4 Å². The number of aromatic nitrogens is 3. The number of carbonyl (C=O) groups excluding carboxylic acids is 1. The lowest BCUT2D eigenvalue weighted by Crippen LogP contribution is -2.31. The van der Waals surface area contributed by atoms with E-state index in [-0.39, 0.29) is 12.4 Å². The zero-order valence-electron chi connectivity index (χ0n) is 22.7. The first-order valence-electron chi connectivity index (χ1n) is 12.5. The highest BCUT2D eigenvalue weighted by Crippen LogP contribution is 2.41. The number of rotatable bonds is 9. The van der Waals surface area contributed by atoms with Gasteiger partial charge in [-0.25, -0.2) is 9.07 Å². The molecule has 5 rings (SSSR count). The molecule has 1 aliphatic rings. The van der Waals surface area contributed by atoms with Gasteiger partial charge in [-0.2, -0.15) is 10.1 Å². The van der Waals surface area contributed by atoms with Crippen molar-refractivity contribution in [3.8, 4) is 23.0 Å². The van der Waals surface area contributed by atoms with E-state index in [0.29, 0.717) is 62.1 Å². The second-order valence-corrected chi connectivity index (χ2v) is 9.43. The predicted octanol–water partition coefficient (Wildman–Crippen LogP) is 5.60. The standard InChI is InChI=1S/C29H27ClFN5O5/c1-16-26(28(37)35-21-13-23(38-2)19(30)12-24(21)39-3)27(36-29(34-16)32-15-33-36)17-9-10-22(25(11-17)40-4)41-14-18-7-5-6-8-20(18)31/h5-13,15,27H,14H2,1-4H3,(H,35,37)(H,32,33,34)/t27-/m0/s1. The van der Waals surface area contributed by atoms with Gasteiger partial charge in [0.25, 0.3) is 5.91 Å². The normalized spacial score (nSPS) is 14.1. The van der Waals surface area contributed by atoms with Gasteiger partial charge < -0.3 is 29.6 Å². The van der Waals surface area contributed by atoms with Crippen molar-refractivity contribution >= 4 is 29.1 Å². The van der Waals surface area contributed by atoms with Gasteiger partial charge in [0.1, 0.15) is 36.3 Å². The van der Waals surface area contributed by atoms with Crippen LogP contribution in [0, 0.1) is 5.82 Å². The Balaban J connectivity index is 1.50. The zero-order valence-corrected chi connectivity index (χ0v) is 23.5. The second-order valence-electron chi connectivity index (χ2n) is 9.03. The number of ether oxygens (including phenoxy) is 4. The first-order valence-corrected chi connectivity index (χ1v) is 12.9. The Morgan fingerprint density at radius 3 is 2.51 bits per heavy atom. The van der Waals surface area contributed by atoms with E-state index >= 15 is 0 Å². The lowest BCUT2D eigenvalue weighted by molar-refractivity contribution is -0.113. The molecule has 1 amide bonds. The van der Waals surface area contributed by atoms with Crippen LogP contribution in [0.25, 0.3) is 0 Å². The van der Waals surface area contributed by atoms with E-state index in [2.05, 4.69) is 20.7 Å². The number of methoxy groups -OCH3 is 3. The Morgan fingerprint density at radius 1 is 1.02 bits per heavy atom. The van der Waals surface area contributed by atoms with Crippen LogP contribution in [0.3, 0.4) is 0 Å². The third-order valence-corrected chi connectivity index (χ3v) is 6.90. The maximum absolute atomic E-state index is 14.1. The molecule has 0 fully saturated rings. The summed E-state index contributed by atoms with van der Waals surface area (Å²) >= 11 is 6.25. The largest absolute Gasteiger partial charge is 0.495 e. The summed E-state index contributed by atoms with van der Waals surface area (Å²) in [5, 5.41) is 10.8. The zero-order chi connectivity index (χ0) is 29.1. The number of nitrogens with zero attached hydrogens (tertiary/aromatic N) is 3. The van der Waals surface area contributed by atoms with Crippen molar-refractivity contribution in [1.29, 1.82) is 0 Å². The maximum atomic E-state index is 14.1. The number of allylic oxidation sites excluding steroid dienone is 1. The van der Waals surface area contributed by atoms with Crippen molar-refractivity contribution in [2.75, 3.05) is 32.0 Å². The molecule has 0 bridgehead atoms. The van der Waals surface area contributed by atoms with Crippen molar-refractivity contribution in [1.82, 2.24) is 14.8 Å². The number of carbonyl (C=O) groups is 1. The minimum Gasteiger partial charge on any atom is -0.495 e. The van der Waals surface area contributed by atoms with Crippen molar-refractivity contribution in [3.63, 3.8) is 0 Å². The fourth-order valence-electron chi connectivity index (χ4n) is 4.59. The Labute approximate surface area is 240 Å². The van der Waals surface area contributed by atoms with Gasteiger partial charge >= 0.3 is 0 Å². The summed E-state index contributed by atoms with van der Waals surface area (Å²) in [5.74, 6) is 1.25. The third kappa shape index (κ3) is 5.48. The average molecular weight is 580 g/mol. The molecule has 0 saturated heterocycles. The van der Waals surface area contributed by atoms with Gasteiger partial charge in [-0.3, -0.25) is 4.79 Å². The summed E-state index contributed by atoms with van der Waals surface area (Å²) in [7, 11) is 4.47. The molecular formula is C29H27ClFN5O5. The first-order chi connectivity index (χ1) is 19.8. The fourth-order valence-corrected chi connectivity index (χ4v) is 4.82. The van der Waals surface area contributed by atoms with Crippen LogP contribution >= 0.6 is 11.6 Å². The lowest BCUT2D eigenvalue weighted by Gasteiger charge is -2.29. The van der Waals surface area contributed by atoms with Gasteiger partial charge in [0.05, 0.1) is 37.6 Å². The summed E-state index contributed by atoms with van der Waals surface area (Å²) < 4.78 is 38.0. The number of benzene rings is 3. The van der Waals surface area contributed by atoms with Crippen LogP contribution < -0.4 is 29.6 Å². The maximum Gasteiger partial charge on any atom is 0.255 e. The minimum absolute atomic E-state index is 0.0159. The van der Waals surface area contributed by atoms with Crippen molar-refractivity contribution in [3.05, 3.63) is 94.2 Å². The van der Waals surface area contributed by atoms with E-state index < -0.39 is 11.9 Å². The number of hydrogen-bond donors (Lipinski definition) is 2. The Bertz CT molecular complexity index is 1640. The quantitative estimate of drug-likeness (QED) is 0.264. The van der Waals surface area contributed by atoms with Gasteiger partial charge in [-0.15, -0.1) is 0 Å². The molecule has 10 nitrogen and oxygen atoms in total. The van der Waals surface area contributed by atoms with Gasteiger partial charge in [0.15, 0.2) is 11.5 Å². The summed E-state index contributed by atoms with van der Waals surface area (Å²) in [4.78, 5) is 18.2. The van der Waals surface area contributed by atoms with E-state index in [9.17, 15) is 9.18 Å². The molecular weight excluding hydrogens is 553 g/mol. The molecule has 0 radical (unpaired) electrons. The number of amides is 1. The molecule has 41 heavy (non-hydrogen) atoms. The van der Waals surface area contributed by atoms with Crippen LogP contribution in [-0.4, -0.2) is 42.0 Å².